The number of carbonyl (C=O) groups is 2. The first-order valence-electron chi connectivity index (χ1n) is 12.6. The number of hydrogen-bond acceptors (Lipinski definition) is 9. The number of rotatable bonds is 8. The zero-order chi connectivity index (χ0) is 29.3. The lowest BCUT2D eigenvalue weighted by atomic mass is 9.98. The smallest absolute Gasteiger partial charge is 0.337 e. The normalized spacial score (nSPS) is 13.8. The van der Waals surface area contributed by atoms with E-state index in [4.69, 9.17) is 15.2 Å². The van der Waals surface area contributed by atoms with Crippen molar-refractivity contribution in [2.75, 3.05) is 40.4 Å². The summed E-state index contributed by atoms with van der Waals surface area (Å²) in [5, 5.41) is 13.0. The maximum Gasteiger partial charge on any atom is 0.337 e. The van der Waals surface area contributed by atoms with Crippen LogP contribution in [-0.4, -0.2) is 77.2 Å². The SMILES string of the molecule is COc1cc(OC)c(F)c(-c2ccc(C(=O)O)c3ncc(-c4ccc(CN5CCNCC5)nc4C(N)=O)nc23)c1F. The Hall–Kier alpha value is -4.75. The quantitative estimate of drug-likeness (QED) is 0.291. The van der Waals surface area contributed by atoms with Crippen molar-refractivity contribution in [3.05, 3.63) is 65.1 Å². The van der Waals surface area contributed by atoms with Crippen LogP contribution >= 0.6 is 0 Å². The van der Waals surface area contributed by atoms with Gasteiger partial charge in [-0.2, -0.15) is 0 Å². The number of carboxylic acids is 1. The second kappa shape index (κ2) is 11.4. The van der Waals surface area contributed by atoms with Gasteiger partial charge in [0.1, 0.15) is 11.2 Å². The van der Waals surface area contributed by atoms with Crippen LogP contribution in [0.25, 0.3) is 33.4 Å². The lowest BCUT2D eigenvalue weighted by Crippen LogP contribution is -2.43. The van der Waals surface area contributed by atoms with E-state index in [0.29, 0.717) is 12.2 Å². The average molecular weight is 565 g/mol. The molecule has 0 unspecified atom stereocenters. The number of ether oxygens (including phenoxy) is 2. The van der Waals surface area contributed by atoms with Crippen LogP contribution in [0.5, 0.6) is 11.5 Å². The number of nitrogens with zero attached hydrogens (tertiary/aromatic N) is 4. The highest BCUT2D eigenvalue weighted by Gasteiger charge is 2.26. The van der Waals surface area contributed by atoms with Crippen molar-refractivity contribution >= 4 is 22.9 Å². The van der Waals surface area contributed by atoms with E-state index in [0.717, 1.165) is 32.2 Å². The van der Waals surface area contributed by atoms with Crippen LogP contribution in [0.2, 0.25) is 0 Å². The molecule has 0 bridgehead atoms. The van der Waals surface area contributed by atoms with Gasteiger partial charge < -0.3 is 25.6 Å². The third-order valence-corrected chi connectivity index (χ3v) is 6.83. The third kappa shape index (κ3) is 5.24. The zero-order valence-electron chi connectivity index (χ0n) is 22.2. The van der Waals surface area contributed by atoms with Crippen LogP contribution in [0, 0.1) is 11.6 Å². The van der Waals surface area contributed by atoms with E-state index in [9.17, 15) is 14.7 Å². The molecule has 1 saturated heterocycles. The van der Waals surface area contributed by atoms with Crippen molar-refractivity contribution < 1.29 is 33.0 Å². The highest BCUT2D eigenvalue weighted by atomic mass is 19.1. The maximum absolute atomic E-state index is 15.5. The summed E-state index contributed by atoms with van der Waals surface area (Å²) in [7, 11) is 2.43. The van der Waals surface area contributed by atoms with Crippen LogP contribution in [0.4, 0.5) is 8.78 Å². The Morgan fingerprint density at radius 1 is 1.00 bits per heavy atom. The lowest BCUT2D eigenvalue weighted by Gasteiger charge is -2.26. The molecule has 1 aliphatic rings. The van der Waals surface area contributed by atoms with Gasteiger partial charge >= 0.3 is 5.97 Å². The molecule has 2 aromatic heterocycles. The molecule has 212 valence electrons. The van der Waals surface area contributed by atoms with Crippen molar-refractivity contribution in [2.45, 2.75) is 6.54 Å². The van der Waals surface area contributed by atoms with Crippen molar-refractivity contribution in [3.8, 4) is 33.9 Å². The number of amides is 1. The van der Waals surface area contributed by atoms with E-state index in [1.165, 1.54) is 32.5 Å². The number of piperazine rings is 1. The molecule has 2 aromatic carbocycles. The fourth-order valence-corrected chi connectivity index (χ4v) is 4.81. The Balaban J connectivity index is 1.71. The molecule has 4 N–H and O–H groups in total. The van der Waals surface area contributed by atoms with E-state index in [-0.39, 0.29) is 50.6 Å². The molecule has 0 saturated carbocycles. The van der Waals surface area contributed by atoms with Crippen LogP contribution < -0.4 is 20.5 Å². The first-order valence-corrected chi connectivity index (χ1v) is 12.6. The highest BCUT2D eigenvalue weighted by Crippen LogP contribution is 2.40. The summed E-state index contributed by atoms with van der Waals surface area (Å²) < 4.78 is 41.1. The first-order chi connectivity index (χ1) is 19.7. The number of hydrogen-bond donors (Lipinski definition) is 3. The topological polar surface area (TPSA) is 153 Å². The summed E-state index contributed by atoms with van der Waals surface area (Å²) in [5.74, 6) is -4.79. The van der Waals surface area contributed by atoms with Crippen LogP contribution in [-0.2, 0) is 6.54 Å². The van der Waals surface area contributed by atoms with E-state index >= 15 is 8.78 Å². The number of nitrogens with one attached hydrogen (secondary N) is 1. The number of aromatic carboxylic acids is 1. The molecule has 41 heavy (non-hydrogen) atoms. The molecular weight excluding hydrogens is 538 g/mol. The number of carbonyl (C=O) groups excluding carboxylic acids is 1. The van der Waals surface area contributed by atoms with Gasteiger partial charge in [0.25, 0.3) is 5.91 Å². The average Bonchev–Trinajstić information content (AvgIpc) is 2.97. The molecule has 1 amide bonds. The van der Waals surface area contributed by atoms with Crippen LogP contribution in [0.1, 0.15) is 26.5 Å². The second-order valence-electron chi connectivity index (χ2n) is 9.29. The Labute approximate surface area is 232 Å². The predicted octanol–water partition coefficient (Wildman–Crippen LogP) is 2.86. The minimum atomic E-state index is -1.32. The Morgan fingerprint density at radius 2 is 1.66 bits per heavy atom. The molecule has 3 heterocycles. The van der Waals surface area contributed by atoms with E-state index < -0.39 is 29.1 Å². The van der Waals surface area contributed by atoms with Gasteiger partial charge in [0.2, 0.25) is 0 Å². The molecule has 0 aliphatic carbocycles. The number of pyridine rings is 1. The zero-order valence-corrected chi connectivity index (χ0v) is 22.2. The molecule has 1 aliphatic heterocycles. The molecule has 13 heteroatoms. The number of fused-ring (bicyclic) bond motifs is 1. The van der Waals surface area contributed by atoms with Crippen molar-refractivity contribution in [1.82, 2.24) is 25.2 Å². The number of carboxylic acid groups (broad SMARTS) is 1. The summed E-state index contributed by atoms with van der Waals surface area (Å²) in [5.41, 5.74) is 5.43. The number of methoxy groups -OCH3 is 2. The van der Waals surface area contributed by atoms with Crippen LogP contribution in [0.15, 0.2) is 36.5 Å². The predicted molar refractivity (Wildman–Crippen MR) is 145 cm³/mol. The highest BCUT2D eigenvalue weighted by molar-refractivity contribution is 6.06. The lowest BCUT2D eigenvalue weighted by molar-refractivity contribution is 0.0698. The number of halogens is 2. The third-order valence-electron chi connectivity index (χ3n) is 6.83. The summed E-state index contributed by atoms with van der Waals surface area (Å²) in [6, 6.07) is 6.83. The van der Waals surface area contributed by atoms with Gasteiger partial charge in [-0.3, -0.25) is 14.7 Å². The van der Waals surface area contributed by atoms with E-state index in [2.05, 4.69) is 25.2 Å². The van der Waals surface area contributed by atoms with Gasteiger partial charge in [-0.15, -0.1) is 0 Å². The number of aromatic nitrogens is 3. The molecule has 0 spiro atoms. The molecule has 11 nitrogen and oxygen atoms in total. The van der Waals surface area contributed by atoms with E-state index in [1.807, 2.05) is 0 Å². The fourth-order valence-electron chi connectivity index (χ4n) is 4.81. The van der Waals surface area contributed by atoms with Gasteiger partial charge in [-0.1, -0.05) is 6.07 Å². The van der Waals surface area contributed by atoms with Gasteiger partial charge in [0, 0.05) is 49.9 Å². The standard InChI is InChI=1S/C28H26F2N6O5/c1-40-19-11-20(41-2)23(30)21(22(19)29)16-5-6-17(28(38)39)24-25(16)35-18(12-33-24)15-4-3-14(34-26(15)27(31)37)13-36-9-7-32-8-10-36/h3-6,11-12,32H,7-10,13H2,1-2H3,(H2,31,37)(H,38,39). The molecule has 5 rings (SSSR count). The van der Waals surface area contributed by atoms with Crippen molar-refractivity contribution in [1.29, 1.82) is 0 Å². The minimum absolute atomic E-state index is 0.0670. The Bertz CT molecular complexity index is 1650. The maximum atomic E-state index is 15.5. The number of primary amides is 1. The molecule has 0 radical (unpaired) electrons. The van der Waals surface area contributed by atoms with Gasteiger partial charge in [-0.25, -0.2) is 23.5 Å². The molecule has 4 aromatic rings. The molecule has 0 atom stereocenters. The fraction of sp³-hybridized carbons (Fsp3) is 0.250. The largest absolute Gasteiger partial charge is 0.494 e. The summed E-state index contributed by atoms with van der Waals surface area (Å²) in [6.07, 6.45) is 1.26. The number of benzene rings is 2. The Morgan fingerprint density at radius 3 is 2.27 bits per heavy atom. The molecular formula is C28H26F2N6O5. The Kier molecular flexibility index (Phi) is 7.72. The molecule has 1 fully saturated rings. The monoisotopic (exact) mass is 564 g/mol. The number of nitrogens with two attached hydrogens (primary N) is 1. The summed E-state index contributed by atoms with van der Waals surface area (Å²) >= 11 is 0. The summed E-state index contributed by atoms with van der Waals surface area (Å²) in [4.78, 5) is 39.9. The first kappa shape index (κ1) is 27.8. The van der Waals surface area contributed by atoms with Gasteiger partial charge in [-0.05, 0) is 18.2 Å². The van der Waals surface area contributed by atoms with Gasteiger partial charge in [0.05, 0.1) is 48.4 Å². The summed E-state index contributed by atoms with van der Waals surface area (Å²) in [6.45, 7) is 3.83. The van der Waals surface area contributed by atoms with Crippen molar-refractivity contribution in [2.24, 2.45) is 5.73 Å². The van der Waals surface area contributed by atoms with E-state index in [1.54, 1.807) is 12.1 Å². The van der Waals surface area contributed by atoms with Crippen molar-refractivity contribution in [3.63, 3.8) is 0 Å². The van der Waals surface area contributed by atoms with Gasteiger partial charge in [0.15, 0.2) is 23.1 Å². The van der Waals surface area contributed by atoms with Crippen LogP contribution in [0.3, 0.4) is 0 Å². The second-order valence-corrected chi connectivity index (χ2v) is 9.29. The minimum Gasteiger partial charge on any atom is -0.494 e.